The third-order valence-electron chi connectivity index (χ3n) is 1.64. The number of nitrogens with one attached hydrogen (secondary N) is 1. The van der Waals surface area contributed by atoms with Gasteiger partial charge in [-0.3, -0.25) is 0 Å². The van der Waals surface area contributed by atoms with Gasteiger partial charge >= 0.3 is 0 Å². The summed E-state index contributed by atoms with van der Waals surface area (Å²) in [5, 5.41) is 4.83. The molecule has 0 unspecified atom stereocenters. The average molecular weight is 200 g/mol. The Morgan fingerprint density at radius 3 is 2.31 bits per heavy atom. The lowest BCUT2D eigenvalue weighted by atomic mass is 10.1. The predicted octanol–water partition coefficient (Wildman–Crippen LogP) is 0.541. The summed E-state index contributed by atoms with van der Waals surface area (Å²) in [4.78, 5) is 0. The van der Waals surface area contributed by atoms with E-state index in [0.29, 0.717) is 0 Å². The molecule has 1 aromatic carbocycles. The van der Waals surface area contributed by atoms with Gasteiger partial charge < -0.3 is 0 Å². The lowest BCUT2D eigenvalue weighted by molar-refractivity contribution is 0.568. The summed E-state index contributed by atoms with van der Waals surface area (Å²) in [7, 11) is -3.62. The minimum atomic E-state index is -3.62. The Morgan fingerprint density at radius 1 is 1.31 bits per heavy atom. The number of hydrogen-bond acceptors (Lipinski definition) is 2. The second-order valence-electron chi connectivity index (χ2n) is 2.80. The summed E-state index contributed by atoms with van der Waals surface area (Å²) >= 11 is 0. The zero-order valence-electron chi connectivity index (χ0n) is 7.27. The van der Waals surface area contributed by atoms with Gasteiger partial charge in [0.1, 0.15) is 0 Å². The largest absolute Gasteiger partial charge is 0.274 e. The molecule has 13 heavy (non-hydrogen) atoms. The van der Waals surface area contributed by atoms with Crippen LogP contribution in [0, 0.1) is 0 Å². The highest BCUT2D eigenvalue weighted by molar-refractivity contribution is 7.87. The van der Waals surface area contributed by atoms with Crippen molar-refractivity contribution in [2.24, 2.45) is 5.14 Å². The number of hydrogen-bond donors (Lipinski definition) is 2. The van der Waals surface area contributed by atoms with Crippen LogP contribution in [-0.2, 0) is 10.2 Å². The summed E-state index contributed by atoms with van der Waals surface area (Å²) in [5.74, 6) is 0. The van der Waals surface area contributed by atoms with Gasteiger partial charge in [-0.25, -0.2) is 5.14 Å². The van der Waals surface area contributed by atoms with Crippen LogP contribution in [0.2, 0.25) is 0 Å². The van der Waals surface area contributed by atoms with Gasteiger partial charge in [0.05, 0.1) is 0 Å². The summed E-state index contributed by atoms with van der Waals surface area (Å²) in [6, 6.07) is 8.93. The van der Waals surface area contributed by atoms with Gasteiger partial charge in [-0.15, -0.1) is 0 Å². The Kier molecular flexibility index (Phi) is 3.02. The van der Waals surface area contributed by atoms with Crippen LogP contribution >= 0.6 is 0 Å². The van der Waals surface area contributed by atoms with Crippen LogP contribution in [0.3, 0.4) is 0 Å². The molecule has 0 spiro atoms. The maximum absolute atomic E-state index is 10.7. The highest BCUT2D eigenvalue weighted by Crippen LogP contribution is 2.10. The topological polar surface area (TPSA) is 72.2 Å². The Morgan fingerprint density at radius 2 is 1.85 bits per heavy atom. The van der Waals surface area contributed by atoms with Crippen LogP contribution in [0.4, 0.5) is 0 Å². The Balaban J connectivity index is 2.76. The molecule has 1 atom stereocenters. The molecule has 0 saturated carbocycles. The number of rotatable bonds is 3. The fourth-order valence-corrected chi connectivity index (χ4v) is 1.69. The van der Waals surface area contributed by atoms with E-state index in [0.717, 1.165) is 5.56 Å². The van der Waals surface area contributed by atoms with Gasteiger partial charge in [-0.1, -0.05) is 30.3 Å². The van der Waals surface area contributed by atoms with Crippen molar-refractivity contribution in [2.45, 2.75) is 13.0 Å². The van der Waals surface area contributed by atoms with Crippen molar-refractivity contribution in [3.8, 4) is 0 Å². The van der Waals surface area contributed by atoms with E-state index in [2.05, 4.69) is 4.72 Å². The van der Waals surface area contributed by atoms with E-state index in [1.807, 2.05) is 30.3 Å². The normalized spacial score (nSPS) is 14.0. The van der Waals surface area contributed by atoms with Crippen molar-refractivity contribution in [3.63, 3.8) is 0 Å². The van der Waals surface area contributed by atoms with Crippen molar-refractivity contribution in [1.82, 2.24) is 4.72 Å². The third-order valence-corrected chi connectivity index (χ3v) is 2.32. The Bertz CT molecular complexity index is 361. The zero-order valence-corrected chi connectivity index (χ0v) is 8.08. The molecule has 72 valence electrons. The van der Waals surface area contributed by atoms with Gasteiger partial charge in [0.2, 0.25) is 0 Å². The standard InChI is InChI=1S/C8H12N2O2S/c1-7(10-13(9,11)12)8-5-3-2-4-6-8/h2-7,10H,1H3,(H2,9,11,12)/t7-/m1/s1. The smallest absolute Gasteiger partial charge is 0.216 e. The Labute approximate surface area is 77.9 Å². The van der Waals surface area contributed by atoms with Gasteiger partial charge in [0, 0.05) is 6.04 Å². The van der Waals surface area contributed by atoms with Gasteiger partial charge in [0.15, 0.2) is 0 Å². The lowest BCUT2D eigenvalue weighted by Gasteiger charge is -2.11. The van der Waals surface area contributed by atoms with E-state index in [4.69, 9.17) is 5.14 Å². The molecule has 5 heteroatoms. The Hall–Kier alpha value is -0.910. The zero-order chi connectivity index (χ0) is 9.90. The fourth-order valence-electron chi connectivity index (χ4n) is 1.06. The van der Waals surface area contributed by atoms with Crippen LogP contribution in [0.5, 0.6) is 0 Å². The van der Waals surface area contributed by atoms with Gasteiger partial charge in [-0.05, 0) is 12.5 Å². The van der Waals surface area contributed by atoms with Crippen molar-refractivity contribution < 1.29 is 8.42 Å². The van der Waals surface area contributed by atoms with Crippen LogP contribution in [0.25, 0.3) is 0 Å². The van der Waals surface area contributed by atoms with Crippen LogP contribution in [0.15, 0.2) is 30.3 Å². The molecule has 0 aliphatic heterocycles. The monoisotopic (exact) mass is 200 g/mol. The molecular weight excluding hydrogens is 188 g/mol. The molecular formula is C8H12N2O2S. The minimum Gasteiger partial charge on any atom is -0.216 e. The van der Waals surface area contributed by atoms with Crippen molar-refractivity contribution >= 4 is 10.2 Å². The predicted molar refractivity (Wildman–Crippen MR) is 51.1 cm³/mol. The summed E-state index contributed by atoms with van der Waals surface area (Å²) in [6.45, 7) is 1.74. The molecule has 0 radical (unpaired) electrons. The molecule has 0 saturated heterocycles. The van der Waals surface area contributed by atoms with E-state index >= 15 is 0 Å². The molecule has 0 aromatic heterocycles. The first-order valence-electron chi connectivity index (χ1n) is 3.84. The third kappa shape index (κ3) is 3.54. The summed E-state index contributed by atoms with van der Waals surface area (Å²) in [6.07, 6.45) is 0. The van der Waals surface area contributed by atoms with E-state index in [1.165, 1.54) is 0 Å². The average Bonchev–Trinajstić information content (AvgIpc) is 2.03. The first-order chi connectivity index (χ1) is 5.99. The molecule has 4 nitrogen and oxygen atoms in total. The van der Waals surface area contributed by atoms with Crippen LogP contribution in [-0.4, -0.2) is 8.42 Å². The maximum Gasteiger partial charge on any atom is 0.274 e. The van der Waals surface area contributed by atoms with Crippen molar-refractivity contribution in [1.29, 1.82) is 0 Å². The highest BCUT2D eigenvalue weighted by atomic mass is 32.2. The molecule has 0 bridgehead atoms. The maximum atomic E-state index is 10.7. The number of benzene rings is 1. The van der Waals surface area contributed by atoms with Gasteiger partial charge in [-0.2, -0.15) is 13.1 Å². The SMILES string of the molecule is C[C@@H](NS(N)(=O)=O)c1ccccc1. The number of nitrogens with two attached hydrogens (primary N) is 1. The van der Waals surface area contributed by atoms with E-state index < -0.39 is 10.2 Å². The second kappa shape index (κ2) is 3.87. The first-order valence-corrected chi connectivity index (χ1v) is 5.38. The summed E-state index contributed by atoms with van der Waals surface area (Å²) < 4.78 is 23.6. The van der Waals surface area contributed by atoms with E-state index in [1.54, 1.807) is 6.92 Å². The molecule has 0 amide bonds. The molecule has 1 rings (SSSR count). The van der Waals surface area contributed by atoms with Crippen LogP contribution < -0.4 is 9.86 Å². The molecule has 3 N–H and O–H groups in total. The molecule has 0 heterocycles. The van der Waals surface area contributed by atoms with Crippen LogP contribution in [0.1, 0.15) is 18.5 Å². The van der Waals surface area contributed by atoms with Gasteiger partial charge in [0.25, 0.3) is 10.2 Å². The van der Waals surface area contributed by atoms with E-state index in [9.17, 15) is 8.42 Å². The second-order valence-corrected chi connectivity index (χ2v) is 4.12. The summed E-state index contributed by atoms with van der Waals surface area (Å²) in [5.41, 5.74) is 0.886. The molecule has 0 fully saturated rings. The minimum absolute atomic E-state index is 0.295. The lowest BCUT2D eigenvalue weighted by Crippen LogP contribution is -2.32. The van der Waals surface area contributed by atoms with Crippen molar-refractivity contribution in [3.05, 3.63) is 35.9 Å². The van der Waals surface area contributed by atoms with Crippen molar-refractivity contribution in [2.75, 3.05) is 0 Å². The highest BCUT2D eigenvalue weighted by Gasteiger charge is 2.09. The molecule has 0 aliphatic carbocycles. The molecule has 1 aromatic rings. The quantitative estimate of drug-likeness (QED) is 0.747. The van der Waals surface area contributed by atoms with E-state index in [-0.39, 0.29) is 6.04 Å². The fraction of sp³-hybridized carbons (Fsp3) is 0.250. The molecule has 0 aliphatic rings. The first kappa shape index (κ1) is 10.2.